The molecule has 0 amide bonds. The molecule has 1 N–H and O–H groups in total. The largest absolute Gasteiger partial charge is 0.416 e. The molecule has 0 fully saturated rings. The Morgan fingerprint density at radius 1 is 1.20 bits per heavy atom. The zero-order chi connectivity index (χ0) is 15.2. The van der Waals surface area contributed by atoms with Gasteiger partial charge in [0.25, 0.3) is 0 Å². The van der Waals surface area contributed by atoms with Crippen LogP contribution < -0.4 is 5.32 Å². The Labute approximate surface area is 126 Å². The van der Waals surface area contributed by atoms with E-state index in [2.05, 4.69) is 40.0 Å². The van der Waals surface area contributed by atoms with Crippen molar-refractivity contribution in [3.8, 4) is 0 Å². The molecule has 6 heteroatoms. The monoisotopic (exact) mass is 352 g/mol. The van der Waals surface area contributed by atoms with Crippen LogP contribution in [0.25, 0.3) is 0 Å². The first-order valence-electron chi connectivity index (χ1n) is 6.71. The third kappa shape index (κ3) is 5.32. The lowest BCUT2D eigenvalue weighted by Crippen LogP contribution is -2.29. The second-order valence-electron chi connectivity index (χ2n) is 4.55. The number of hydrogen-bond acceptors (Lipinski definition) is 2. The van der Waals surface area contributed by atoms with Crippen LogP contribution >= 0.6 is 15.9 Å². The van der Waals surface area contributed by atoms with Gasteiger partial charge < -0.3 is 10.2 Å². The number of nitrogens with zero attached hydrogens (tertiary/aromatic N) is 1. The van der Waals surface area contributed by atoms with E-state index in [0.29, 0.717) is 16.7 Å². The lowest BCUT2D eigenvalue weighted by molar-refractivity contribution is -0.137. The average molecular weight is 353 g/mol. The van der Waals surface area contributed by atoms with Gasteiger partial charge in [0.05, 0.1) is 5.56 Å². The number of benzene rings is 1. The summed E-state index contributed by atoms with van der Waals surface area (Å²) in [5.41, 5.74) is 0.0432. The maximum Gasteiger partial charge on any atom is 0.416 e. The van der Waals surface area contributed by atoms with Crippen LogP contribution in [0.1, 0.15) is 25.8 Å². The molecule has 0 aliphatic rings. The fraction of sp³-hybridized carbons (Fsp3) is 0.571. The average Bonchev–Trinajstić information content (AvgIpc) is 2.38. The Balaban J connectivity index is 2.57. The molecular formula is C14H20BrF3N2. The quantitative estimate of drug-likeness (QED) is 0.770. The number of alkyl halides is 3. The predicted octanol–water partition coefficient (Wildman–Crippen LogP) is 4.61. The van der Waals surface area contributed by atoms with Crippen molar-refractivity contribution in [1.82, 2.24) is 4.90 Å². The van der Waals surface area contributed by atoms with Gasteiger partial charge >= 0.3 is 6.18 Å². The molecule has 2 nitrogen and oxygen atoms in total. The molecule has 114 valence electrons. The number of halogens is 4. The highest BCUT2D eigenvalue weighted by Crippen LogP contribution is 2.33. The fourth-order valence-corrected chi connectivity index (χ4v) is 2.45. The van der Waals surface area contributed by atoms with Gasteiger partial charge in [-0.1, -0.05) is 13.8 Å². The van der Waals surface area contributed by atoms with Crippen molar-refractivity contribution < 1.29 is 13.2 Å². The van der Waals surface area contributed by atoms with Crippen molar-refractivity contribution in [2.24, 2.45) is 0 Å². The molecule has 20 heavy (non-hydrogen) atoms. The van der Waals surface area contributed by atoms with Gasteiger partial charge in [0.1, 0.15) is 0 Å². The van der Waals surface area contributed by atoms with E-state index in [1.807, 2.05) is 0 Å². The van der Waals surface area contributed by atoms with Crippen LogP contribution in [0.4, 0.5) is 18.9 Å². The minimum Gasteiger partial charge on any atom is -0.383 e. The molecule has 1 aromatic rings. The standard InChI is InChI=1S/C14H20BrF3N2/c1-3-8-20(4-2)9-7-19-13-6-5-11(10-12(13)15)14(16,17)18/h5-6,10,19H,3-4,7-9H2,1-2H3. The van der Waals surface area contributed by atoms with Crippen molar-refractivity contribution in [1.29, 1.82) is 0 Å². The maximum atomic E-state index is 12.5. The van der Waals surface area contributed by atoms with Gasteiger partial charge in [-0.15, -0.1) is 0 Å². The Kier molecular flexibility index (Phi) is 6.82. The molecule has 0 spiro atoms. The van der Waals surface area contributed by atoms with Gasteiger partial charge in [0.2, 0.25) is 0 Å². The van der Waals surface area contributed by atoms with Gasteiger partial charge in [-0.25, -0.2) is 0 Å². The summed E-state index contributed by atoms with van der Waals surface area (Å²) in [4.78, 5) is 2.30. The normalized spacial score (nSPS) is 11.9. The zero-order valence-corrected chi connectivity index (χ0v) is 13.3. The summed E-state index contributed by atoms with van der Waals surface area (Å²) in [5.74, 6) is 0. The van der Waals surface area contributed by atoms with E-state index in [1.54, 1.807) is 0 Å². The summed E-state index contributed by atoms with van der Waals surface area (Å²) in [6, 6.07) is 3.66. The van der Waals surface area contributed by atoms with Crippen molar-refractivity contribution in [3.05, 3.63) is 28.2 Å². The van der Waals surface area contributed by atoms with E-state index in [4.69, 9.17) is 0 Å². The second kappa shape index (κ2) is 7.88. The summed E-state index contributed by atoms with van der Waals surface area (Å²) in [5, 5.41) is 3.16. The third-order valence-corrected chi connectivity index (χ3v) is 3.68. The minimum atomic E-state index is -4.30. The Bertz CT molecular complexity index is 421. The van der Waals surface area contributed by atoms with Gasteiger partial charge in [0, 0.05) is 23.2 Å². The van der Waals surface area contributed by atoms with Crippen LogP contribution in [-0.2, 0) is 6.18 Å². The Morgan fingerprint density at radius 3 is 2.40 bits per heavy atom. The minimum absolute atomic E-state index is 0.436. The Hall–Kier alpha value is -0.750. The van der Waals surface area contributed by atoms with Gasteiger partial charge in [-0.3, -0.25) is 0 Å². The number of rotatable bonds is 7. The van der Waals surface area contributed by atoms with E-state index in [1.165, 1.54) is 6.07 Å². The Morgan fingerprint density at radius 2 is 1.90 bits per heavy atom. The highest BCUT2D eigenvalue weighted by atomic mass is 79.9. The van der Waals surface area contributed by atoms with Gasteiger partial charge in [-0.05, 0) is 53.6 Å². The molecule has 0 saturated carbocycles. The van der Waals surface area contributed by atoms with E-state index in [0.717, 1.165) is 38.2 Å². The molecule has 0 aliphatic heterocycles. The number of likely N-dealkylation sites (N-methyl/N-ethyl adjacent to an activating group) is 1. The fourth-order valence-electron chi connectivity index (χ4n) is 1.93. The molecular weight excluding hydrogens is 333 g/mol. The summed E-state index contributed by atoms with van der Waals surface area (Å²) < 4.78 is 38.1. The molecule has 0 saturated heterocycles. The van der Waals surface area contributed by atoms with E-state index in [-0.39, 0.29) is 0 Å². The smallest absolute Gasteiger partial charge is 0.383 e. The lowest BCUT2D eigenvalue weighted by Gasteiger charge is -2.20. The molecule has 1 rings (SSSR count). The number of nitrogens with one attached hydrogen (secondary N) is 1. The van der Waals surface area contributed by atoms with Crippen molar-refractivity contribution in [2.75, 3.05) is 31.5 Å². The van der Waals surface area contributed by atoms with Gasteiger partial charge in [0.15, 0.2) is 0 Å². The highest BCUT2D eigenvalue weighted by molar-refractivity contribution is 9.10. The van der Waals surface area contributed by atoms with Crippen LogP contribution in [0.15, 0.2) is 22.7 Å². The van der Waals surface area contributed by atoms with Crippen molar-refractivity contribution >= 4 is 21.6 Å². The molecule has 0 atom stereocenters. The third-order valence-electron chi connectivity index (χ3n) is 3.03. The van der Waals surface area contributed by atoms with Crippen LogP contribution in [0, 0.1) is 0 Å². The van der Waals surface area contributed by atoms with E-state index >= 15 is 0 Å². The molecule has 0 unspecified atom stereocenters. The first-order valence-corrected chi connectivity index (χ1v) is 7.50. The van der Waals surface area contributed by atoms with E-state index in [9.17, 15) is 13.2 Å². The summed E-state index contributed by atoms with van der Waals surface area (Å²) >= 11 is 3.18. The highest BCUT2D eigenvalue weighted by Gasteiger charge is 2.30. The van der Waals surface area contributed by atoms with Gasteiger partial charge in [-0.2, -0.15) is 13.2 Å². The second-order valence-corrected chi connectivity index (χ2v) is 5.41. The van der Waals surface area contributed by atoms with Crippen LogP contribution in [0.3, 0.4) is 0 Å². The molecule has 0 bridgehead atoms. The first kappa shape index (κ1) is 17.3. The molecule has 1 aromatic carbocycles. The molecule has 0 aliphatic carbocycles. The van der Waals surface area contributed by atoms with Crippen LogP contribution in [0.5, 0.6) is 0 Å². The lowest BCUT2D eigenvalue weighted by atomic mass is 10.2. The summed E-state index contributed by atoms with van der Waals surface area (Å²) in [6.07, 6.45) is -3.21. The number of anilines is 1. The molecule has 0 aromatic heterocycles. The van der Waals surface area contributed by atoms with E-state index < -0.39 is 11.7 Å². The molecule has 0 radical (unpaired) electrons. The maximum absolute atomic E-state index is 12.5. The topological polar surface area (TPSA) is 15.3 Å². The number of hydrogen-bond donors (Lipinski definition) is 1. The predicted molar refractivity (Wildman–Crippen MR) is 80.0 cm³/mol. The van der Waals surface area contributed by atoms with Crippen molar-refractivity contribution in [2.45, 2.75) is 26.4 Å². The van der Waals surface area contributed by atoms with Crippen LogP contribution in [-0.4, -0.2) is 31.1 Å². The van der Waals surface area contributed by atoms with Crippen LogP contribution in [0.2, 0.25) is 0 Å². The summed E-state index contributed by atoms with van der Waals surface area (Å²) in [7, 11) is 0. The SMILES string of the molecule is CCCN(CC)CCNc1ccc(C(F)(F)F)cc1Br. The zero-order valence-electron chi connectivity index (χ0n) is 11.7. The molecule has 0 heterocycles. The first-order chi connectivity index (χ1) is 9.38. The summed E-state index contributed by atoms with van der Waals surface area (Å²) in [6.45, 7) is 7.82. The van der Waals surface area contributed by atoms with Crippen molar-refractivity contribution in [3.63, 3.8) is 0 Å².